The summed E-state index contributed by atoms with van der Waals surface area (Å²) in [5.41, 5.74) is 0.579. The van der Waals surface area contributed by atoms with Crippen molar-refractivity contribution in [2.45, 2.75) is 34.6 Å². The lowest BCUT2D eigenvalue weighted by Crippen LogP contribution is -2.14. The molecular weight excluding hydrogens is 354 g/mol. The zero-order chi connectivity index (χ0) is 17.1. The number of aromatic nitrogens is 3. The average molecular weight is 370 g/mol. The van der Waals surface area contributed by atoms with Gasteiger partial charge in [0.05, 0.1) is 5.75 Å². The van der Waals surface area contributed by atoms with E-state index in [0.29, 0.717) is 28.3 Å². The average Bonchev–Trinajstić information content (AvgIpc) is 3.31. The van der Waals surface area contributed by atoms with Crippen molar-refractivity contribution in [2.75, 3.05) is 11.1 Å². The van der Waals surface area contributed by atoms with Crippen molar-refractivity contribution in [3.8, 4) is 0 Å². The van der Waals surface area contributed by atoms with Crippen LogP contribution in [0.4, 0.5) is 14.5 Å². The number of amides is 1. The van der Waals surface area contributed by atoms with Gasteiger partial charge in [-0.2, -0.15) is 8.78 Å². The summed E-state index contributed by atoms with van der Waals surface area (Å²) in [6.45, 7) is 0. The summed E-state index contributed by atoms with van der Waals surface area (Å²) in [5.74, 6) is -0.927. The third-order valence-corrected chi connectivity index (χ3v) is 5.25. The summed E-state index contributed by atoms with van der Waals surface area (Å²) in [7, 11) is 1.91. The molecule has 1 N–H and O–H groups in total. The largest absolute Gasteiger partial charge is 0.325 e. The molecule has 0 atom stereocenters. The molecule has 1 aliphatic rings. The number of nitrogens with one attached hydrogen (secondary N) is 1. The van der Waals surface area contributed by atoms with Gasteiger partial charge in [-0.3, -0.25) is 4.79 Å². The van der Waals surface area contributed by atoms with Crippen LogP contribution in [0, 0.1) is 0 Å². The van der Waals surface area contributed by atoms with E-state index < -0.39 is 5.76 Å². The van der Waals surface area contributed by atoms with Crippen molar-refractivity contribution >= 4 is 35.1 Å². The molecule has 0 bridgehead atoms. The molecule has 0 saturated heterocycles. The first-order valence-electron chi connectivity index (χ1n) is 7.39. The molecule has 9 heteroatoms. The zero-order valence-electron chi connectivity index (χ0n) is 12.9. The van der Waals surface area contributed by atoms with Gasteiger partial charge in [-0.1, -0.05) is 23.5 Å². The Morgan fingerprint density at radius 3 is 2.67 bits per heavy atom. The number of hydrogen-bond acceptors (Lipinski definition) is 5. The third-order valence-electron chi connectivity index (χ3n) is 3.51. The first kappa shape index (κ1) is 17.2. The highest BCUT2D eigenvalue weighted by molar-refractivity contribution is 8.00. The predicted octanol–water partition coefficient (Wildman–Crippen LogP) is 3.74. The standard InChI is InChI=1S/C15H16F2N4OS2/c1-21-13(9-2-3-9)19-20-15(21)23-8-12(22)18-10-4-6-11(7-5-10)24-14(16)17/h4-7,9,14H,2-3,8H2,1H3,(H,18,22). The number of halogens is 2. The van der Waals surface area contributed by atoms with Gasteiger partial charge in [0.2, 0.25) is 5.91 Å². The van der Waals surface area contributed by atoms with E-state index >= 15 is 0 Å². The van der Waals surface area contributed by atoms with Crippen LogP contribution in [0.25, 0.3) is 0 Å². The van der Waals surface area contributed by atoms with Crippen LogP contribution >= 0.6 is 23.5 Å². The van der Waals surface area contributed by atoms with Gasteiger partial charge < -0.3 is 9.88 Å². The second-order valence-corrected chi connectivity index (χ2v) is 7.42. The molecule has 3 rings (SSSR count). The zero-order valence-corrected chi connectivity index (χ0v) is 14.5. The van der Waals surface area contributed by atoms with E-state index in [0.717, 1.165) is 23.8 Å². The number of anilines is 1. The molecule has 128 valence electrons. The maximum Gasteiger partial charge on any atom is 0.288 e. The van der Waals surface area contributed by atoms with Gasteiger partial charge in [-0.05, 0) is 37.1 Å². The van der Waals surface area contributed by atoms with Crippen LogP contribution in [-0.2, 0) is 11.8 Å². The highest BCUT2D eigenvalue weighted by atomic mass is 32.2. The second-order valence-electron chi connectivity index (χ2n) is 5.41. The van der Waals surface area contributed by atoms with Gasteiger partial charge in [-0.25, -0.2) is 0 Å². The maximum atomic E-state index is 12.3. The highest BCUT2D eigenvalue weighted by Gasteiger charge is 2.29. The minimum Gasteiger partial charge on any atom is -0.325 e. The van der Waals surface area contributed by atoms with E-state index in [2.05, 4.69) is 15.5 Å². The van der Waals surface area contributed by atoms with Crippen LogP contribution in [0.1, 0.15) is 24.6 Å². The van der Waals surface area contributed by atoms with Crippen molar-refractivity contribution in [1.82, 2.24) is 14.8 Å². The maximum absolute atomic E-state index is 12.3. The van der Waals surface area contributed by atoms with Crippen LogP contribution in [0.5, 0.6) is 0 Å². The molecule has 1 fully saturated rings. The minimum atomic E-state index is -2.45. The first-order valence-corrected chi connectivity index (χ1v) is 9.26. The molecule has 0 aliphatic heterocycles. The van der Waals surface area contributed by atoms with Gasteiger partial charge >= 0.3 is 0 Å². The smallest absolute Gasteiger partial charge is 0.288 e. The Morgan fingerprint density at radius 1 is 1.33 bits per heavy atom. The molecule has 1 saturated carbocycles. The number of carbonyl (C=O) groups is 1. The Labute approximate surface area is 146 Å². The van der Waals surface area contributed by atoms with Crippen LogP contribution in [0.3, 0.4) is 0 Å². The van der Waals surface area contributed by atoms with E-state index in [4.69, 9.17) is 0 Å². The summed E-state index contributed by atoms with van der Waals surface area (Å²) in [6, 6.07) is 6.34. The number of nitrogens with zero attached hydrogens (tertiary/aromatic N) is 3. The van der Waals surface area contributed by atoms with Gasteiger partial charge in [0.1, 0.15) is 5.82 Å². The molecule has 0 radical (unpaired) electrons. The molecule has 1 amide bonds. The van der Waals surface area contributed by atoms with Crippen LogP contribution in [0.2, 0.25) is 0 Å². The first-order chi connectivity index (χ1) is 11.5. The number of hydrogen-bond donors (Lipinski definition) is 1. The number of rotatable bonds is 7. The Hall–Kier alpha value is -1.61. The molecule has 2 aromatic rings. The SMILES string of the molecule is Cn1c(SCC(=O)Nc2ccc(SC(F)F)cc2)nnc1C1CC1. The predicted molar refractivity (Wildman–Crippen MR) is 90.6 cm³/mol. The summed E-state index contributed by atoms with van der Waals surface area (Å²) in [5, 5.41) is 11.7. The summed E-state index contributed by atoms with van der Waals surface area (Å²) < 4.78 is 26.5. The Kier molecular flexibility index (Phi) is 5.40. The number of carbonyl (C=O) groups excluding carboxylic acids is 1. The lowest BCUT2D eigenvalue weighted by atomic mass is 10.3. The quantitative estimate of drug-likeness (QED) is 0.753. The normalized spacial score (nSPS) is 14.2. The Bertz CT molecular complexity index is 717. The van der Waals surface area contributed by atoms with Crippen molar-refractivity contribution in [3.05, 3.63) is 30.1 Å². The lowest BCUT2D eigenvalue weighted by Gasteiger charge is -2.06. The third kappa shape index (κ3) is 4.47. The van der Waals surface area contributed by atoms with E-state index in [1.54, 1.807) is 24.3 Å². The van der Waals surface area contributed by atoms with Crippen LogP contribution in [0.15, 0.2) is 34.3 Å². The van der Waals surface area contributed by atoms with E-state index in [1.165, 1.54) is 11.8 Å². The van der Waals surface area contributed by atoms with Gasteiger partial charge in [-0.15, -0.1) is 10.2 Å². The van der Waals surface area contributed by atoms with Crippen LogP contribution < -0.4 is 5.32 Å². The number of thioether (sulfide) groups is 2. The topological polar surface area (TPSA) is 59.8 Å². The molecule has 1 aromatic carbocycles. The molecular formula is C15H16F2N4OS2. The summed E-state index contributed by atoms with van der Waals surface area (Å²) in [4.78, 5) is 12.5. The lowest BCUT2D eigenvalue weighted by molar-refractivity contribution is -0.113. The fraction of sp³-hybridized carbons (Fsp3) is 0.400. The van der Waals surface area contributed by atoms with E-state index in [1.807, 2.05) is 11.6 Å². The number of alkyl halides is 2. The highest BCUT2D eigenvalue weighted by Crippen LogP contribution is 2.39. The van der Waals surface area contributed by atoms with E-state index in [9.17, 15) is 13.6 Å². The minimum absolute atomic E-state index is 0.176. The van der Waals surface area contributed by atoms with Crippen molar-refractivity contribution in [3.63, 3.8) is 0 Å². The van der Waals surface area contributed by atoms with Gasteiger partial charge in [0.15, 0.2) is 5.16 Å². The Morgan fingerprint density at radius 2 is 2.04 bits per heavy atom. The monoisotopic (exact) mass is 370 g/mol. The molecule has 0 spiro atoms. The fourth-order valence-corrected chi connectivity index (χ4v) is 3.41. The molecule has 1 aliphatic carbocycles. The van der Waals surface area contributed by atoms with Gasteiger partial charge in [0.25, 0.3) is 5.76 Å². The molecule has 1 aromatic heterocycles. The summed E-state index contributed by atoms with van der Waals surface area (Å²) >= 11 is 1.80. The summed E-state index contributed by atoms with van der Waals surface area (Å²) in [6.07, 6.45) is 2.30. The van der Waals surface area contributed by atoms with Gasteiger partial charge in [0, 0.05) is 23.5 Å². The van der Waals surface area contributed by atoms with Crippen LogP contribution in [-0.4, -0.2) is 32.2 Å². The molecule has 24 heavy (non-hydrogen) atoms. The fourth-order valence-electron chi connectivity index (χ4n) is 2.20. The van der Waals surface area contributed by atoms with Crippen molar-refractivity contribution in [1.29, 1.82) is 0 Å². The molecule has 0 unspecified atom stereocenters. The van der Waals surface area contributed by atoms with E-state index in [-0.39, 0.29) is 11.7 Å². The molecule has 5 nitrogen and oxygen atoms in total. The second kappa shape index (κ2) is 7.52. The molecule has 1 heterocycles. The Balaban J connectivity index is 1.50. The van der Waals surface area contributed by atoms with Crippen molar-refractivity contribution in [2.24, 2.45) is 7.05 Å². The number of benzene rings is 1. The van der Waals surface area contributed by atoms with Crippen molar-refractivity contribution < 1.29 is 13.6 Å².